The van der Waals surface area contributed by atoms with Crippen LogP contribution < -0.4 is 11.1 Å². The second-order valence-corrected chi connectivity index (χ2v) is 4.70. The van der Waals surface area contributed by atoms with Gasteiger partial charge < -0.3 is 11.1 Å². The van der Waals surface area contributed by atoms with E-state index in [1.54, 1.807) is 6.92 Å². The van der Waals surface area contributed by atoms with E-state index in [9.17, 15) is 13.6 Å². The molecule has 1 fully saturated rings. The summed E-state index contributed by atoms with van der Waals surface area (Å²) in [4.78, 5) is 13.3. The number of piperazine rings is 1. The fourth-order valence-corrected chi connectivity index (χ4v) is 2.47. The van der Waals surface area contributed by atoms with Gasteiger partial charge in [-0.25, -0.2) is 8.78 Å². The third-order valence-electron chi connectivity index (χ3n) is 3.52. The Balaban J connectivity index is 2.25. The number of hydrogen-bond donors (Lipinski definition) is 2. The molecule has 0 saturated carbocycles. The summed E-state index contributed by atoms with van der Waals surface area (Å²) in [6, 6.07) is 2.67. The van der Waals surface area contributed by atoms with Gasteiger partial charge in [0.25, 0.3) is 0 Å². The molecule has 0 bridgehead atoms. The van der Waals surface area contributed by atoms with Crippen LogP contribution in [0.2, 0.25) is 0 Å². The monoisotopic (exact) mass is 269 g/mol. The molecule has 1 heterocycles. The number of amides is 1. The van der Waals surface area contributed by atoms with Crippen molar-refractivity contribution in [2.45, 2.75) is 19.0 Å². The first-order valence-electron chi connectivity index (χ1n) is 6.21. The fraction of sp³-hybridized carbons (Fsp3) is 0.462. The highest BCUT2D eigenvalue weighted by atomic mass is 19.1. The van der Waals surface area contributed by atoms with Crippen LogP contribution in [-0.2, 0) is 4.79 Å². The molecule has 6 heteroatoms. The molecule has 104 valence electrons. The molecule has 2 atom stereocenters. The molecule has 19 heavy (non-hydrogen) atoms. The molecule has 1 aliphatic rings. The minimum Gasteiger partial charge on any atom is -0.368 e. The van der Waals surface area contributed by atoms with E-state index in [1.807, 2.05) is 4.90 Å². The van der Waals surface area contributed by atoms with Crippen LogP contribution in [0.4, 0.5) is 8.78 Å². The van der Waals surface area contributed by atoms with Crippen LogP contribution in [0.1, 0.15) is 18.5 Å². The summed E-state index contributed by atoms with van der Waals surface area (Å²) in [5.74, 6) is -1.66. The summed E-state index contributed by atoms with van der Waals surface area (Å²) < 4.78 is 26.7. The average Bonchev–Trinajstić information content (AvgIpc) is 2.38. The number of benzene rings is 1. The van der Waals surface area contributed by atoms with Gasteiger partial charge in [-0.05, 0) is 13.0 Å². The maximum absolute atomic E-state index is 13.8. The number of nitrogens with zero attached hydrogens (tertiary/aromatic N) is 1. The third kappa shape index (κ3) is 2.90. The quantitative estimate of drug-likeness (QED) is 0.852. The van der Waals surface area contributed by atoms with Crippen LogP contribution in [0.5, 0.6) is 0 Å². The molecule has 1 aromatic rings. The molecule has 0 aliphatic carbocycles. The lowest BCUT2D eigenvalue weighted by Gasteiger charge is -2.38. The van der Waals surface area contributed by atoms with E-state index in [-0.39, 0.29) is 6.04 Å². The van der Waals surface area contributed by atoms with Crippen molar-refractivity contribution in [1.82, 2.24) is 10.2 Å². The Kier molecular flexibility index (Phi) is 4.11. The SMILES string of the molecule is CC(c1ccc(F)cc1F)N1CCNCC1C(N)=O. The topological polar surface area (TPSA) is 58.4 Å². The van der Waals surface area contributed by atoms with Gasteiger partial charge in [0, 0.05) is 37.3 Å². The number of carbonyl (C=O) groups excluding carboxylic acids is 1. The summed E-state index contributed by atoms with van der Waals surface area (Å²) in [6.45, 7) is 3.53. The van der Waals surface area contributed by atoms with E-state index in [0.717, 1.165) is 6.07 Å². The Morgan fingerprint density at radius 2 is 2.26 bits per heavy atom. The van der Waals surface area contributed by atoms with Gasteiger partial charge in [0.05, 0.1) is 0 Å². The molecule has 2 rings (SSSR count). The smallest absolute Gasteiger partial charge is 0.236 e. The Bertz CT molecular complexity index is 481. The number of rotatable bonds is 3. The van der Waals surface area contributed by atoms with Crippen molar-refractivity contribution in [3.8, 4) is 0 Å². The Morgan fingerprint density at radius 3 is 2.89 bits per heavy atom. The van der Waals surface area contributed by atoms with Crippen molar-refractivity contribution in [3.05, 3.63) is 35.4 Å². The van der Waals surface area contributed by atoms with Crippen LogP contribution in [-0.4, -0.2) is 36.5 Å². The van der Waals surface area contributed by atoms with Crippen molar-refractivity contribution in [2.75, 3.05) is 19.6 Å². The Morgan fingerprint density at radius 1 is 1.53 bits per heavy atom. The second kappa shape index (κ2) is 5.63. The highest BCUT2D eigenvalue weighted by molar-refractivity contribution is 5.80. The van der Waals surface area contributed by atoms with Crippen molar-refractivity contribution in [3.63, 3.8) is 0 Å². The lowest BCUT2D eigenvalue weighted by molar-refractivity contribution is -0.124. The first-order valence-corrected chi connectivity index (χ1v) is 6.21. The van der Waals surface area contributed by atoms with E-state index in [2.05, 4.69) is 5.32 Å². The van der Waals surface area contributed by atoms with Crippen LogP contribution >= 0.6 is 0 Å². The van der Waals surface area contributed by atoms with E-state index in [1.165, 1.54) is 12.1 Å². The average molecular weight is 269 g/mol. The summed E-state index contributed by atoms with van der Waals surface area (Å²) in [6.07, 6.45) is 0. The van der Waals surface area contributed by atoms with Crippen molar-refractivity contribution >= 4 is 5.91 Å². The third-order valence-corrected chi connectivity index (χ3v) is 3.52. The van der Waals surface area contributed by atoms with Gasteiger partial charge in [-0.1, -0.05) is 6.07 Å². The summed E-state index contributed by atoms with van der Waals surface area (Å²) in [5.41, 5.74) is 5.73. The van der Waals surface area contributed by atoms with Gasteiger partial charge in [0.15, 0.2) is 0 Å². The van der Waals surface area contributed by atoms with Gasteiger partial charge in [0.1, 0.15) is 17.7 Å². The molecule has 0 aromatic heterocycles. The first-order chi connectivity index (χ1) is 9.00. The van der Waals surface area contributed by atoms with Crippen LogP contribution in [0.3, 0.4) is 0 Å². The van der Waals surface area contributed by atoms with Gasteiger partial charge in [0.2, 0.25) is 5.91 Å². The highest BCUT2D eigenvalue weighted by Gasteiger charge is 2.31. The zero-order valence-electron chi connectivity index (χ0n) is 10.7. The standard InChI is InChI=1S/C13H17F2N3O/c1-8(10-3-2-9(14)6-11(10)15)18-5-4-17-7-12(18)13(16)19/h2-3,6,8,12,17H,4-5,7H2,1H3,(H2,16,19). The number of hydrogen-bond acceptors (Lipinski definition) is 3. The zero-order valence-corrected chi connectivity index (χ0v) is 10.7. The number of nitrogens with one attached hydrogen (secondary N) is 1. The van der Waals surface area contributed by atoms with Gasteiger partial charge >= 0.3 is 0 Å². The number of carbonyl (C=O) groups is 1. The molecule has 1 saturated heterocycles. The van der Waals surface area contributed by atoms with E-state index in [0.29, 0.717) is 25.2 Å². The highest BCUT2D eigenvalue weighted by Crippen LogP contribution is 2.26. The lowest BCUT2D eigenvalue weighted by atomic mass is 10.0. The normalized spacial score (nSPS) is 22.2. The zero-order chi connectivity index (χ0) is 14.0. The summed E-state index contributed by atoms with van der Waals surface area (Å²) in [5, 5.41) is 3.08. The molecule has 2 unspecified atom stereocenters. The molecule has 1 aliphatic heterocycles. The predicted molar refractivity (Wildman–Crippen MR) is 67.3 cm³/mol. The maximum atomic E-state index is 13.8. The van der Waals surface area contributed by atoms with Crippen molar-refractivity contribution in [1.29, 1.82) is 0 Å². The molecule has 1 amide bonds. The van der Waals surface area contributed by atoms with Crippen LogP contribution in [0, 0.1) is 11.6 Å². The van der Waals surface area contributed by atoms with E-state index in [4.69, 9.17) is 5.73 Å². The predicted octanol–water partition coefficient (Wildman–Crippen LogP) is 0.785. The number of halogens is 2. The molecule has 0 radical (unpaired) electrons. The minimum atomic E-state index is -0.611. The van der Waals surface area contributed by atoms with Crippen LogP contribution in [0.15, 0.2) is 18.2 Å². The Hall–Kier alpha value is -1.53. The molecule has 4 nitrogen and oxygen atoms in total. The Labute approximate surface area is 110 Å². The fourth-order valence-electron chi connectivity index (χ4n) is 2.47. The molecule has 1 aromatic carbocycles. The van der Waals surface area contributed by atoms with E-state index < -0.39 is 23.6 Å². The molecular weight excluding hydrogens is 252 g/mol. The minimum absolute atomic E-state index is 0.333. The van der Waals surface area contributed by atoms with E-state index >= 15 is 0 Å². The van der Waals surface area contributed by atoms with Gasteiger partial charge in [-0.2, -0.15) is 0 Å². The van der Waals surface area contributed by atoms with Crippen molar-refractivity contribution in [2.24, 2.45) is 5.73 Å². The summed E-state index contributed by atoms with van der Waals surface area (Å²) in [7, 11) is 0. The lowest BCUT2D eigenvalue weighted by Crippen LogP contribution is -2.57. The van der Waals surface area contributed by atoms with Gasteiger partial charge in [-0.3, -0.25) is 9.69 Å². The number of nitrogens with two attached hydrogens (primary N) is 1. The molecule has 0 spiro atoms. The summed E-state index contributed by atoms with van der Waals surface area (Å²) >= 11 is 0. The van der Waals surface area contributed by atoms with Crippen molar-refractivity contribution < 1.29 is 13.6 Å². The first kappa shape index (κ1) is 13.9. The number of primary amides is 1. The van der Waals surface area contributed by atoms with Gasteiger partial charge in [-0.15, -0.1) is 0 Å². The molecular formula is C13H17F2N3O. The molecule has 3 N–H and O–H groups in total. The second-order valence-electron chi connectivity index (χ2n) is 4.70. The van der Waals surface area contributed by atoms with Crippen LogP contribution in [0.25, 0.3) is 0 Å². The largest absolute Gasteiger partial charge is 0.368 e. The maximum Gasteiger partial charge on any atom is 0.236 e.